The Bertz CT molecular complexity index is 505. The maximum atomic E-state index is 11.3. The minimum Gasteiger partial charge on any atom is -0.465 e. The lowest BCUT2D eigenvalue weighted by atomic mass is 10.1. The standard InChI is InChI=1S/C15H17NO2S/c1-18-15(17)14-4-2-12(3-5-14)10-16-8-6-13-7-9-19-11-13/h2-5,7,9,11,16H,6,8,10H2,1H3. The van der Waals surface area contributed by atoms with Gasteiger partial charge in [0.05, 0.1) is 12.7 Å². The van der Waals surface area contributed by atoms with Crippen LogP contribution in [0.4, 0.5) is 0 Å². The van der Waals surface area contributed by atoms with Gasteiger partial charge >= 0.3 is 5.97 Å². The quantitative estimate of drug-likeness (QED) is 0.651. The second-order valence-corrected chi connectivity index (χ2v) is 5.03. The molecule has 0 bridgehead atoms. The molecular formula is C15H17NO2S. The van der Waals surface area contributed by atoms with Crippen LogP contribution < -0.4 is 5.32 Å². The lowest BCUT2D eigenvalue weighted by molar-refractivity contribution is 0.0600. The second-order valence-electron chi connectivity index (χ2n) is 4.25. The number of benzene rings is 1. The van der Waals surface area contributed by atoms with Gasteiger partial charge in [-0.05, 0) is 53.1 Å². The van der Waals surface area contributed by atoms with E-state index in [9.17, 15) is 4.79 Å². The number of hydrogen-bond acceptors (Lipinski definition) is 4. The van der Waals surface area contributed by atoms with Crippen molar-refractivity contribution >= 4 is 17.3 Å². The molecule has 2 rings (SSSR count). The number of rotatable bonds is 6. The Balaban J connectivity index is 1.75. The van der Waals surface area contributed by atoms with Crippen molar-refractivity contribution in [3.63, 3.8) is 0 Å². The van der Waals surface area contributed by atoms with Crippen LogP contribution in [0.3, 0.4) is 0 Å². The van der Waals surface area contributed by atoms with Crippen LogP contribution in [0.1, 0.15) is 21.5 Å². The number of methoxy groups -OCH3 is 1. The van der Waals surface area contributed by atoms with Crippen LogP contribution in [0.2, 0.25) is 0 Å². The molecule has 0 aliphatic heterocycles. The van der Waals surface area contributed by atoms with Gasteiger partial charge in [-0.2, -0.15) is 11.3 Å². The lowest BCUT2D eigenvalue weighted by Gasteiger charge is -2.05. The highest BCUT2D eigenvalue weighted by molar-refractivity contribution is 7.07. The third-order valence-electron chi connectivity index (χ3n) is 2.87. The van der Waals surface area contributed by atoms with Crippen LogP contribution in [0, 0.1) is 0 Å². The molecule has 0 spiro atoms. The Kier molecular flexibility index (Phi) is 5.12. The van der Waals surface area contributed by atoms with Crippen molar-refractivity contribution in [3.8, 4) is 0 Å². The highest BCUT2D eigenvalue weighted by atomic mass is 32.1. The lowest BCUT2D eigenvalue weighted by Crippen LogP contribution is -2.16. The average Bonchev–Trinajstić information content (AvgIpc) is 2.96. The zero-order valence-corrected chi connectivity index (χ0v) is 11.7. The summed E-state index contributed by atoms with van der Waals surface area (Å²) in [6, 6.07) is 9.63. The van der Waals surface area contributed by atoms with Gasteiger partial charge in [0.1, 0.15) is 0 Å². The minimum absolute atomic E-state index is 0.294. The molecule has 2 aromatic rings. The summed E-state index contributed by atoms with van der Waals surface area (Å²) in [7, 11) is 1.39. The predicted octanol–water partition coefficient (Wildman–Crippen LogP) is 2.87. The van der Waals surface area contributed by atoms with Crippen molar-refractivity contribution in [3.05, 3.63) is 57.8 Å². The fraction of sp³-hybridized carbons (Fsp3) is 0.267. The summed E-state index contributed by atoms with van der Waals surface area (Å²) in [5, 5.41) is 7.66. The van der Waals surface area contributed by atoms with E-state index in [2.05, 4.69) is 26.9 Å². The number of hydrogen-bond donors (Lipinski definition) is 1. The number of carbonyl (C=O) groups excluding carboxylic acids is 1. The third-order valence-corrected chi connectivity index (χ3v) is 3.61. The molecule has 19 heavy (non-hydrogen) atoms. The van der Waals surface area contributed by atoms with Crippen molar-refractivity contribution in [1.29, 1.82) is 0 Å². The Hall–Kier alpha value is -1.65. The van der Waals surface area contributed by atoms with E-state index < -0.39 is 0 Å². The highest BCUT2D eigenvalue weighted by Gasteiger charge is 2.03. The molecule has 0 aliphatic rings. The Morgan fingerprint density at radius 3 is 2.63 bits per heavy atom. The van der Waals surface area contributed by atoms with Gasteiger partial charge in [-0.3, -0.25) is 0 Å². The van der Waals surface area contributed by atoms with Crippen molar-refractivity contribution in [2.75, 3.05) is 13.7 Å². The minimum atomic E-state index is -0.294. The molecule has 3 nitrogen and oxygen atoms in total. The van der Waals surface area contributed by atoms with Crippen LogP contribution in [0.25, 0.3) is 0 Å². The molecule has 1 aromatic carbocycles. The second kappa shape index (κ2) is 7.07. The Labute approximate surface area is 117 Å². The van der Waals surface area contributed by atoms with Crippen molar-refractivity contribution in [2.24, 2.45) is 0 Å². The van der Waals surface area contributed by atoms with E-state index in [-0.39, 0.29) is 5.97 Å². The first kappa shape index (κ1) is 13.8. The van der Waals surface area contributed by atoms with Crippen LogP contribution in [0.15, 0.2) is 41.1 Å². The zero-order chi connectivity index (χ0) is 13.5. The maximum absolute atomic E-state index is 11.3. The van der Waals surface area contributed by atoms with Gasteiger partial charge in [-0.15, -0.1) is 0 Å². The first-order chi connectivity index (χ1) is 9.29. The third kappa shape index (κ3) is 4.19. The summed E-state index contributed by atoms with van der Waals surface area (Å²) in [5.41, 5.74) is 3.13. The molecule has 0 saturated carbocycles. The molecule has 1 aromatic heterocycles. The number of esters is 1. The van der Waals surface area contributed by atoms with Crippen LogP contribution in [-0.2, 0) is 17.7 Å². The first-order valence-corrected chi connectivity index (χ1v) is 7.13. The summed E-state index contributed by atoms with van der Waals surface area (Å²) in [6.07, 6.45) is 1.05. The van der Waals surface area contributed by atoms with Crippen molar-refractivity contribution in [1.82, 2.24) is 5.32 Å². The van der Waals surface area contributed by atoms with Crippen LogP contribution >= 0.6 is 11.3 Å². The smallest absolute Gasteiger partial charge is 0.337 e. The average molecular weight is 275 g/mol. The maximum Gasteiger partial charge on any atom is 0.337 e. The normalized spacial score (nSPS) is 10.4. The van der Waals surface area contributed by atoms with Gasteiger partial charge in [0.25, 0.3) is 0 Å². The summed E-state index contributed by atoms with van der Waals surface area (Å²) < 4.78 is 4.66. The molecule has 100 valence electrons. The van der Waals surface area contributed by atoms with Crippen molar-refractivity contribution in [2.45, 2.75) is 13.0 Å². The largest absolute Gasteiger partial charge is 0.465 e. The molecule has 1 N–H and O–H groups in total. The predicted molar refractivity (Wildman–Crippen MR) is 77.5 cm³/mol. The van der Waals surface area contributed by atoms with Gasteiger partial charge in [0.15, 0.2) is 0 Å². The zero-order valence-electron chi connectivity index (χ0n) is 10.9. The fourth-order valence-corrected chi connectivity index (χ4v) is 2.48. The topological polar surface area (TPSA) is 38.3 Å². The fourth-order valence-electron chi connectivity index (χ4n) is 1.78. The molecule has 0 atom stereocenters. The van der Waals surface area contributed by atoms with Gasteiger partial charge in [-0.1, -0.05) is 12.1 Å². The molecule has 0 aliphatic carbocycles. The molecule has 0 unspecified atom stereocenters. The molecular weight excluding hydrogens is 258 g/mol. The molecule has 0 saturated heterocycles. The summed E-state index contributed by atoms with van der Waals surface area (Å²) in [4.78, 5) is 11.3. The van der Waals surface area contributed by atoms with Crippen LogP contribution in [-0.4, -0.2) is 19.6 Å². The van der Waals surface area contributed by atoms with Gasteiger partial charge in [0, 0.05) is 6.54 Å². The summed E-state index contributed by atoms with van der Waals surface area (Å²) >= 11 is 1.73. The van der Waals surface area contributed by atoms with E-state index in [1.807, 2.05) is 12.1 Å². The van der Waals surface area contributed by atoms with E-state index in [1.54, 1.807) is 23.5 Å². The Morgan fingerprint density at radius 2 is 2.00 bits per heavy atom. The SMILES string of the molecule is COC(=O)c1ccc(CNCCc2ccsc2)cc1. The molecule has 1 heterocycles. The van der Waals surface area contributed by atoms with Gasteiger partial charge in [-0.25, -0.2) is 4.79 Å². The van der Waals surface area contributed by atoms with E-state index in [0.717, 1.165) is 25.1 Å². The molecule has 4 heteroatoms. The highest BCUT2D eigenvalue weighted by Crippen LogP contribution is 2.07. The summed E-state index contributed by atoms with van der Waals surface area (Å²) in [6.45, 7) is 1.76. The number of thiophene rings is 1. The van der Waals surface area contributed by atoms with Gasteiger partial charge < -0.3 is 10.1 Å². The van der Waals surface area contributed by atoms with E-state index in [1.165, 1.54) is 12.7 Å². The summed E-state index contributed by atoms with van der Waals surface area (Å²) in [5.74, 6) is -0.294. The number of carbonyl (C=O) groups is 1. The van der Waals surface area contributed by atoms with Gasteiger partial charge in [0.2, 0.25) is 0 Å². The molecule has 0 amide bonds. The number of nitrogens with one attached hydrogen (secondary N) is 1. The van der Waals surface area contributed by atoms with Crippen LogP contribution in [0.5, 0.6) is 0 Å². The number of ether oxygens (including phenoxy) is 1. The monoisotopic (exact) mass is 275 g/mol. The van der Waals surface area contributed by atoms with E-state index in [0.29, 0.717) is 5.56 Å². The molecule has 0 radical (unpaired) electrons. The Morgan fingerprint density at radius 1 is 1.21 bits per heavy atom. The first-order valence-electron chi connectivity index (χ1n) is 6.18. The molecule has 0 fully saturated rings. The van der Waals surface area contributed by atoms with E-state index >= 15 is 0 Å². The van der Waals surface area contributed by atoms with E-state index in [4.69, 9.17) is 0 Å². The van der Waals surface area contributed by atoms with Crippen molar-refractivity contribution < 1.29 is 9.53 Å².